The summed E-state index contributed by atoms with van der Waals surface area (Å²) in [5.41, 5.74) is 0.721. The minimum atomic E-state index is 0.0105. The summed E-state index contributed by atoms with van der Waals surface area (Å²) in [5.74, 6) is 0.598. The van der Waals surface area contributed by atoms with Crippen LogP contribution in [0.2, 0.25) is 0 Å². The SMILES string of the molecule is CC(C)n1cc(Br)cc1C(=O)NCC1CNC1. The van der Waals surface area contributed by atoms with E-state index in [1.165, 1.54) is 0 Å². The van der Waals surface area contributed by atoms with E-state index in [4.69, 9.17) is 0 Å². The molecule has 0 bridgehead atoms. The molecule has 0 aromatic carbocycles. The topological polar surface area (TPSA) is 46.1 Å². The fourth-order valence-electron chi connectivity index (χ4n) is 1.88. The monoisotopic (exact) mass is 299 g/mol. The number of halogens is 1. The highest BCUT2D eigenvalue weighted by Gasteiger charge is 2.19. The second-order valence-electron chi connectivity index (χ2n) is 4.78. The van der Waals surface area contributed by atoms with Crippen LogP contribution in [0.4, 0.5) is 0 Å². The summed E-state index contributed by atoms with van der Waals surface area (Å²) in [6.07, 6.45) is 1.95. The Morgan fingerprint density at radius 3 is 2.88 bits per heavy atom. The van der Waals surface area contributed by atoms with Crippen molar-refractivity contribution in [3.05, 3.63) is 22.4 Å². The van der Waals surface area contributed by atoms with Gasteiger partial charge in [-0.3, -0.25) is 4.79 Å². The number of hydrogen-bond acceptors (Lipinski definition) is 2. The molecule has 0 unspecified atom stereocenters. The summed E-state index contributed by atoms with van der Waals surface area (Å²) in [6.45, 7) is 6.91. The van der Waals surface area contributed by atoms with Crippen LogP contribution in [0.3, 0.4) is 0 Å². The predicted molar refractivity (Wildman–Crippen MR) is 71.2 cm³/mol. The number of amides is 1. The lowest BCUT2D eigenvalue weighted by Gasteiger charge is -2.27. The highest BCUT2D eigenvalue weighted by atomic mass is 79.9. The molecule has 1 aromatic rings. The van der Waals surface area contributed by atoms with Crippen molar-refractivity contribution in [2.75, 3.05) is 19.6 Å². The van der Waals surface area contributed by atoms with Crippen molar-refractivity contribution in [2.24, 2.45) is 5.92 Å². The first-order chi connectivity index (χ1) is 8.08. The van der Waals surface area contributed by atoms with E-state index >= 15 is 0 Å². The number of hydrogen-bond donors (Lipinski definition) is 2. The molecule has 0 saturated carbocycles. The molecule has 0 atom stereocenters. The summed E-state index contributed by atoms with van der Waals surface area (Å²) in [7, 11) is 0. The summed E-state index contributed by atoms with van der Waals surface area (Å²) < 4.78 is 2.93. The van der Waals surface area contributed by atoms with Crippen LogP contribution >= 0.6 is 15.9 Å². The Balaban J connectivity index is 2.01. The third-order valence-electron chi connectivity index (χ3n) is 3.02. The van der Waals surface area contributed by atoms with Gasteiger partial charge in [-0.05, 0) is 35.8 Å². The lowest BCUT2D eigenvalue weighted by Crippen LogP contribution is -2.48. The highest BCUT2D eigenvalue weighted by Crippen LogP contribution is 2.19. The second kappa shape index (κ2) is 5.23. The zero-order chi connectivity index (χ0) is 12.4. The van der Waals surface area contributed by atoms with Gasteiger partial charge in [-0.25, -0.2) is 0 Å². The molecule has 0 aliphatic carbocycles. The van der Waals surface area contributed by atoms with Gasteiger partial charge in [0.25, 0.3) is 5.91 Å². The van der Waals surface area contributed by atoms with Gasteiger partial charge < -0.3 is 15.2 Å². The van der Waals surface area contributed by atoms with Crippen LogP contribution in [0.1, 0.15) is 30.4 Å². The maximum Gasteiger partial charge on any atom is 0.267 e. The van der Waals surface area contributed by atoms with Gasteiger partial charge in [-0.1, -0.05) is 0 Å². The van der Waals surface area contributed by atoms with Crippen molar-refractivity contribution in [2.45, 2.75) is 19.9 Å². The third kappa shape index (κ3) is 2.90. The molecule has 2 heterocycles. The molecule has 1 aliphatic heterocycles. The van der Waals surface area contributed by atoms with E-state index in [2.05, 4.69) is 40.4 Å². The van der Waals surface area contributed by atoms with Crippen molar-refractivity contribution < 1.29 is 4.79 Å². The van der Waals surface area contributed by atoms with E-state index in [-0.39, 0.29) is 11.9 Å². The number of carbonyl (C=O) groups excluding carboxylic acids is 1. The molecule has 94 valence electrons. The molecule has 0 spiro atoms. The van der Waals surface area contributed by atoms with E-state index in [1.54, 1.807) is 0 Å². The maximum atomic E-state index is 12.1. The Morgan fingerprint density at radius 1 is 1.65 bits per heavy atom. The average molecular weight is 300 g/mol. The maximum absolute atomic E-state index is 12.1. The van der Waals surface area contributed by atoms with Gasteiger partial charge in [-0.2, -0.15) is 0 Å². The Labute approximate surface area is 110 Å². The molecular formula is C12H18BrN3O. The first-order valence-electron chi connectivity index (χ1n) is 5.94. The van der Waals surface area contributed by atoms with Crippen molar-refractivity contribution in [1.29, 1.82) is 0 Å². The van der Waals surface area contributed by atoms with Crippen LogP contribution < -0.4 is 10.6 Å². The largest absolute Gasteiger partial charge is 0.350 e. The molecule has 1 saturated heterocycles. The fourth-order valence-corrected chi connectivity index (χ4v) is 2.31. The molecular weight excluding hydrogens is 282 g/mol. The molecule has 2 rings (SSSR count). The van der Waals surface area contributed by atoms with Crippen molar-refractivity contribution >= 4 is 21.8 Å². The van der Waals surface area contributed by atoms with Crippen LogP contribution in [0, 0.1) is 5.92 Å². The van der Waals surface area contributed by atoms with Gasteiger partial charge in [0.2, 0.25) is 0 Å². The van der Waals surface area contributed by atoms with Gasteiger partial charge in [-0.15, -0.1) is 0 Å². The van der Waals surface area contributed by atoms with Gasteiger partial charge in [0.05, 0.1) is 0 Å². The summed E-state index contributed by atoms with van der Waals surface area (Å²) in [5, 5.41) is 6.18. The van der Waals surface area contributed by atoms with Gasteiger partial charge in [0.15, 0.2) is 0 Å². The lowest BCUT2D eigenvalue weighted by molar-refractivity contribution is 0.0931. The van der Waals surface area contributed by atoms with E-state index < -0.39 is 0 Å². The molecule has 4 nitrogen and oxygen atoms in total. The van der Waals surface area contributed by atoms with Crippen LogP contribution in [-0.2, 0) is 0 Å². The first kappa shape index (κ1) is 12.6. The van der Waals surface area contributed by atoms with E-state index in [0.29, 0.717) is 5.92 Å². The smallest absolute Gasteiger partial charge is 0.267 e. The Morgan fingerprint density at radius 2 is 2.35 bits per heavy atom. The number of aromatic nitrogens is 1. The van der Waals surface area contributed by atoms with E-state index in [1.807, 2.05) is 16.8 Å². The molecule has 1 aromatic heterocycles. The average Bonchev–Trinajstić information content (AvgIpc) is 2.58. The third-order valence-corrected chi connectivity index (χ3v) is 3.46. The second-order valence-corrected chi connectivity index (χ2v) is 5.69. The number of carbonyl (C=O) groups is 1. The first-order valence-corrected chi connectivity index (χ1v) is 6.73. The van der Waals surface area contributed by atoms with Gasteiger partial charge >= 0.3 is 0 Å². The standard InChI is InChI=1S/C12H18BrN3O/c1-8(2)16-7-10(13)3-11(16)12(17)15-6-9-4-14-5-9/h3,7-9,14H,4-6H2,1-2H3,(H,15,17). The van der Waals surface area contributed by atoms with Crippen LogP contribution in [0.15, 0.2) is 16.7 Å². The summed E-state index contributed by atoms with van der Waals surface area (Å²) in [6, 6.07) is 2.15. The van der Waals surface area contributed by atoms with Gasteiger partial charge in [0.1, 0.15) is 5.69 Å². The van der Waals surface area contributed by atoms with Crippen molar-refractivity contribution in [3.8, 4) is 0 Å². The van der Waals surface area contributed by atoms with Crippen LogP contribution in [0.25, 0.3) is 0 Å². The molecule has 1 amide bonds. The molecule has 2 N–H and O–H groups in total. The minimum Gasteiger partial charge on any atom is -0.350 e. The highest BCUT2D eigenvalue weighted by molar-refractivity contribution is 9.10. The van der Waals surface area contributed by atoms with Crippen molar-refractivity contribution in [1.82, 2.24) is 15.2 Å². The number of rotatable bonds is 4. The minimum absolute atomic E-state index is 0.0105. The molecule has 17 heavy (non-hydrogen) atoms. The molecule has 5 heteroatoms. The molecule has 1 fully saturated rings. The van der Waals surface area contributed by atoms with Crippen LogP contribution in [-0.4, -0.2) is 30.1 Å². The lowest BCUT2D eigenvalue weighted by atomic mass is 10.0. The quantitative estimate of drug-likeness (QED) is 0.890. The van der Waals surface area contributed by atoms with E-state index in [9.17, 15) is 4.79 Å². The Hall–Kier alpha value is -0.810. The normalized spacial score (nSPS) is 16.0. The number of nitrogens with one attached hydrogen (secondary N) is 2. The molecule has 1 aliphatic rings. The zero-order valence-electron chi connectivity index (χ0n) is 10.2. The van der Waals surface area contributed by atoms with Crippen molar-refractivity contribution in [3.63, 3.8) is 0 Å². The van der Waals surface area contributed by atoms with Crippen LogP contribution in [0.5, 0.6) is 0 Å². The molecule has 0 radical (unpaired) electrons. The summed E-state index contributed by atoms with van der Waals surface area (Å²) >= 11 is 3.41. The Bertz CT molecular complexity index is 410. The zero-order valence-corrected chi connectivity index (χ0v) is 11.8. The van der Waals surface area contributed by atoms with Gasteiger partial charge in [0, 0.05) is 42.3 Å². The number of nitrogens with zero attached hydrogens (tertiary/aromatic N) is 1. The predicted octanol–water partition coefficient (Wildman–Crippen LogP) is 1.78. The fraction of sp³-hybridized carbons (Fsp3) is 0.583. The van der Waals surface area contributed by atoms with E-state index in [0.717, 1.165) is 29.8 Å². The summed E-state index contributed by atoms with van der Waals surface area (Å²) in [4.78, 5) is 12.1. The Kier molecular flexibility index (Phi) is 3.89.